The molecule has 1 heterocycles. The number of aromatic nitrogens is 2. The Morgan fingerprint density at radius 1 is 1.06 bits per heavy atom. The second-order valence-electron chi connectivity index (χ2n) is 8.54. The molecule has 0 bridgehead atoms. The van der Waals surface area contributed by atoms with Gasteiger partial charge in [0.2, 0.25) is 5.91 Å². The summed E-state index contributed by atoms with van der Waals surface area (Å²) in [5.74, 6) is 1.90. The van der Waals surface area contributed by atoms with Crippen LogP contribution in [0.4, 0.5) is 0 Å². The van der Waals surface area contributed by atoms with Crippen LogP contribution in [-0.4, -0.2) is 28.6 Å². The normalized spacial score (nSPS) is 11.0. The molecule has 4 rings (SSSR count). The smallest absolute Gasteiger partial charge is 0.224 e. The minimum Gasteiger partial charge on any atom is -0.493 e. The zero-order valence-electron chi connectivity index (χ0n) is 19.7. The molecule has 176 valence electrons. The number of para-hydroxylation sites is 2. The fraction of sp³-hybridized carbons (Fsp3) is 0.286. The van der Waals surface area contributed by atoms with Gasteiger partial charge in [-0.15, -0.1) is 0 Å². The molecule has 1 amide bonds. The number of halogens is 1. The van der Waals surface area contributed by atoms with E-state index in [1.54, 1.807) is 12.1 Å². The molecule has 0 unspecified atom stereocenters. The molecule has 0 saturated heterocycles. The van der Waals surface area contributed by atoms with E-state index < -0.39 is 0 Å². The first-order valence-corrected chi connectivity index (χ1v) is 12.0. The lowest BCUT2D eigenvalue weighted by Crippen LogP contribution is -2.28. The molecule has 0 saturated carbocycles. The summed E-state index contributed by atoms with van der Waals surface area (Å²) in [6, 6.07) is 21.8. The van der Waals surface area contributed by atoms with Crippen LogP contribution in [-0.2, 0) is 24.2 Å². The summed E-state index contributed by atoms with van der Waals surface area (Å²) in [4.78, 5) is 17.2. The first-order chi connectivity index (χ1) is 16.5. The molecule has 3 aromatic carbocycles. The van der Waals surface area contributed by atoms with Crippen LogP contribution in [0, 0.1) is 13.8 Å². The molecule has 0 atom stereocenters. The Labute approximate surface area is 205 Å². The van der Waals surface area contributed by atoms with Crippen molar-refractivity contribution in [1.82, 2.24) is 14.9 Å². The summed E-state index contributed by atoms with van der Waals surface area (Å²) in [6.07, 6.45) is 1.87. The third-order valence-corrected chi connectivity index (χ3v) is 6.05. The second-order valence-corrected chi connectivity index (χ2v) is 8.98. The minimum atomic E-state index is -0.00755. The lowest BCUT2D eigenvalue weighted by Gasteiger charge is -2.12. The summed E-state index contributed by atoms with van der Waals surface area (Å²) in [7, 11) is 0. The lowest BCUT2D eigenvalue weighted by molar-refractivity contribution is -0.120. The SMILES string of the molecule is Cc1ccc(OCCCn2c(CCNC(=O)Cc3ccc(Cl)cc3)nc3ccccc32)c(C)c1. The van der Waals surface area contributed by atoms with Crippen LogP contribution in [0.2, 0.25) is 5.02 Å². The average Bonchev–Trinajstić information content (AvgIpc) is 3.17. The number of nitrogens with zero attached hydrogens (tertiary/aromatic N) is 2. The maximum Gasteiger partial charge on any atom is 0.224 e. The number of benzene rings is 3. The monoisotopic (exact) mass is 475 g/mol. The Morgan fingerprint density at radius 2 is 1.85 bits per heavy atom. The largest absolute Gasteiger partial charge is 0.493 e. The Morgan fingerprint density at radius 3 is 2.65 bits per heavy atom. The van der Waals surface area contributed by atoms with E-state index in [0.29, 0.717) is 31.0 Å². The highest BCUT2D eigenvalue weighted by molar-refractivity contribution is 6.30. The minimum absolute atomic E-state index is 0.00755. The van der Waals surface area contributed by atoms with Crippen molar-refractivity contribution in [2.45, 2.75) is 39.7 Å². The summed E-state index contributed by atoms with van der Waals surface area (Å²) in [6.45, 7) is 6.13. The van der Waals surface area contributed by atoms with Gasteiger partial charge in [0.1, 0.15) is 11.6 Å². The molecule has 0 aliphatic rings. The molecular formula is C28H30ClN3O2. The van der Waals surface area contributed by atoms with Crippen LogP contribution in [0.3, 0.4) is 0 Å². The Hall–Kier alpha value is -3.31. The van der Waals surface area contributed by atoms with Crippen LogP contribution >= 0.6 is 11.6 Å². The van der Waals surface area contributed by atoms with Gasteiger partial charge in [-0.25, -0.2) is 4.98 Å². The van der Waals surface area contributed by atoms with Gasteiger partial charge in [0.05, 0.1) is 24.1 Å². The molecule has 0 aliphatic carbocycles. The average molecular weight is 476 g/mol. The Balaban J connectivity index is 1.34. The van der Waals surface area contributed by atoms with Crippen molar-refractivity contribution in [3.8, 4) is 5.75 Å². The summed E-state index contributed by atoms with van der Waals surface area (Å²) in [5.41, 5.74) is 5.41. The number of carbonyl (C=O) groups is 1. The highest BCUT2D eigenvalue weighted by Crippen LogP contribution is 2.20. The van der Waals surface area contributed by atoms with Gasteiger partial charge in [-0.1, -0.05) is 53.6 Å². The van der Waals surface area contributed by atoms with Crippen molar-refractivity contribution < 1.29 is 9.53 Å². The number of ether oxygens (including phenoxy) is 1. The molecular weight excluding hydrogens is 446 g/mol. The first kappa shape index (κ1) is 23.8. The van der Waals surface area contributed by atoms with Crippen LogP contribution in [0.5, 0.6) is 5.75 Å². The Bertz CT molecular complexity index is 1260. The summed E-state index contributed by atoms with van der Waals surface area (Å²) in [5, 5.41) is 3.68. The number of rotatable bonds is 10. The van der Waals surface area contributed by atoms with E-state index in [1.807, 2.05) is 36.4 Å². The van der Waals surface area contributed by atoms with E-state index in [4.69, 9.17) is 21.3 Å². The fourth-order valence-electron chi connectivity index (χ4n) is 4.10. The number of hydrogen-bond donors (Lipinski definition) is 1. The topological polar surface area (TPSA) is 56.1 Å². The number of amides is 1. The lowest BCUT2D eigenvalue weighted by atomic mass is 10.1. The van der Waals surface area contributed by atoms with Gasteiger partial charge in [0.25, 0.3) is 0 Å². The highest BCUT2D eigenvalue weighted by atomic mass is 35.5. The van der Waals surface area contributed by atoms with E-state index in [-0.39, 0.29) is 5.91 Å². The van der Waals surface area contributed by atoms with E-state index >= 15 is 0 Å². The van der Waals surface area contributed by atoms with Crippen LogP contribution in [0.1, 0.15) is 28.9 Å². The van der Waals surface area contributed by atoms with Gasteiger partial charge in [0.15, 0.2) is 0 Å². The molecule has 1 N–H and O–H groups in total. The molecule has 6 heteroatoms. The Kier molecular flexibility index (Phi) is 7.86. The number of carbonyl (C=O) groups excluding carboxylic acids is 1. The van der Waals surface area contributed by atoms with E-state index in [2.05, 4.69) is 41.9 Å². The standard InChI is InChI=1S/C28H30ClN3O2/c1-20-8-13-26(21(2)18-20)34-17-5-16-32-25-7-4-3-6-24(25)31-27(32)14-15-30-28(33)19-22-9-11-23(29)12-10-22/h3-4,6-13,18H,5,14-17,19H2,1-2H3,(H,30,33). The quantitative estimate of drug-likeness (QED) is 0.300. The highest BCUT2D eigenvalue weighted by Gasteiger charge is 2.11. The first-order valence-electron chi connectivity index (χ1n) is 11.6. The van der Waals surface area contributed by atoms with Crippen molar-refractivity contribution in [3.63, 3.8) is 0 Å². The molecule has 4 aromatic rings. The zero-order chi connectivity index (χ0) is 23.9. The third-order valence-electron chi connectivity index (χ3n) is 5.80. The predicted octanol–water partition coefficient (Wildman–Crippen LogP) is 5.68. The molecule has 0 radical (unpaired) electrons. The molecule has 0 spiro atoms. The van der Waals surface area contributed by atoms with Gasteiger partial charge in [-0.3, -0.25) is 4.79 Å². The molecule has 0 aliphatic heterocycles. The van der Waals surface area contributed by atoms with Crippen molar-refractivity contribution >= 4 is 28.5 Å². The molecule has 34 heavy (non-hydrogen) atoms. The van der Waals surface area contributed by atoms with Crippen molar-refractivity contribution in [2.75, 3.05) is 13.2 Å². The maximum absolute atomic E-state index is 12.4. The van der Waals surface area contributed by atoms with E-state index in [9.17, 15) is 4.79 Å². The van der Waals surface area contributed by atoms with Gasteiger partial charge >= 0.3 is 0 Å². The van der Waals surface area contributed by atoms with Crippen molar-refractivity contribution in [1.29, 1.82) is 0 Å². The fourth-order valence-corrected chi connectivity index (χ4v) is 4.22. The number of aryl methyl sites for hydroxylation is 3. The summed E-state index contributed by atoms with van der Waals surface area (Å²) < 4.78 is 8.26. The zero-order valence-corrected chi connectivity index (χ0v) is 20.4. The maximum atomic E-state index is 12.4. The van der Waals surface area contributed by atoms with E-state index in [0.717, 1.165) is 46.7 Å². The molecule has 1 aromatic heterocycles. The van der Waals surface area contributed by atoms with Crippen LogP contribution in [0.15, 0.2) is 66.7 Å². The summed E-state index contributed by atoms with van der Waals surface area (Å²) >= 11 is 5.92. The second kappa shape index (κ2) is 11.2. The van der Waals surface area contributed by atoms with Crippen molar-refractivity contribution in [2.24, 2.45) is 0 Å². The third kappa shape index (κ3) is 6.17. The molecule has 0 fully saturated rings. The van der Waals surface area contributed by atoms with Gasteiger partial charge in [0, 0.05) is 24.5 Å². The van der Waals surface area contributed by atoms with Crippen molar-refractivity contribution in [3.05, 3.63) is 94.3 Å². The van der Waals surface area contributed by atoms with Crippen LogP contribution in [0.25, 0.3) is 11.0 Å². The number of imidazole rings is 1. The number of hydrogen-bond acceptors (Lipinski definition) is 3. The van der Waals surface area contributed by atoms with E-state index in [1.165, 1.54) is 5.56 Å². The van der Waals surface area contributed by atoms with Gasteiger partial charge < -0.3 is 14.6 Å². The van der Waals surface area contributed by atoms with Crippen LogP contribution < -0.4 is 10.1 Å². The van der Waals surface area contributed by atoms with Gasteiger partial charge in [-0.2, -0.15) is 0 Å². The predicted molar refractivity (Wildman–Crippen MR) is 138 cm³/mol. The number of nitrogens with one attached hydrogen (secondary N) is 1. The molecule has 5 nitrogen and oxygen atoms in total. The number of fused-ring (bicyclic) bond motifs is 1. The van der Waals surface area contributed by atoms with Gasteiger partial charge in [-0.05, 0) is 61.7 Å².